The number of rotatable bonds is 8. The molecule has 0 saturated heterocycles. The van der Waals surface area contributed by atoms with Gasteiger partial charge in [0.25, 0.3) is 0 Å². The molecule has 0 aliphatic heterocycles. The molecule has 0 saturated carbocycles. The molecule has 0 N–H and O–H groups in total. The predicted octanol–water partition coefficient (Wildman–Crippen LogP) is 7.77. The maximum absolute atomic E-state index is 12.2. The highest BCUT2D eigenvalue weighted by Gasteiger charge is 2.10. The molecule has 0 aliphatic rings. The lowest BCUT2D eigenvalue weighted by Crippen LogP contribution is -2.10. The van der Waals surface area contributed by atoms with E-state index in [1.165, 1.54) is 5.56 Å². The normalized spacial score (nSPS) is 10.8. The molecule has 3 aromatic carbocycles. The SMILES string of the molecule is CC(C)c1ccc(OCCCC(=O)Oc2ccc(-c3ccccc3)cc2Br)c(Br)c1. The Bertz CT molecular complexity index is 1000. The molecule has 3 rings (SSSR count). The maximum atomic E-state index is 12.2. The van der Waals surface area contributed by atoms with Gasteiger partial charge in [0.1, 0.15) is 11.5 Å². The molecule has 0 aromatic heterocycles. The second-order valence-corrected chi connectivity index (χ2v) is 8.99. The fraction of sp³-hybridized carbons (Fsp3) is 0.240. The fourth-order valence-electron chi connectivity index (χ4n) is 2.96. The van der Waals surface area contributed by atoms with Crippen LogP contribution in [0.15, 0.2) is 75.7 Å². The Morgan fingerprint density at radius 2 is 1.57 bits per heavy atom. The zero-order valence-corrected chi connectivity index (χ0v) is 20.2. The van der Waals surface area contributed by atoms with Crippen LogP contribution in [0.1, 0.15) is 38.2 Å². The highest BCUT2D eigenvalue weighted by molar-refractivity contribution is 9.10. The number of ether oxygens (including phenoxy) is 2. The summed E-state index contributed by atoms with van der Waals surface area (Å²) >= 11 is 7.05. The van der Waals surface area contributed by atoms with Crippen LogP contribution in [0.4, 0.5) is 0 Å². The van der Waals surface area contributed by atoms with Crippen LogP contribution in [0.5, 0.6) is 11.5 Å². The molecule has 3 aromatic rings. The standard InChI is InChI=1S/C25H24Br2O3/c1-17(2)19-10-12-23(21(26)15-19)29-14-6-9-25(28)30-24-13-11-20(16-22(24)27)18-7-4-3-5-8-18/h3-5,7-8,10-13,15-17H,6,9,14H2,1-2H3. The van der Waals surface area contributed by atoms with Crippen molar-refractivity contribution in [2.24, 2.45) is 0 Å². The van der Waals surface area contributed by atoms with Crippen LogP contribution in [0.3, 0.4) is 0 Å². The minimum atomic E-state index is -0.277. The minimum Gasteiger partial charge on any atom is -0.492 e. The van der Waals surface area contributed by atoms with Crippen LogP contribution >= 0.6 is 31.9 Å². The first kappa shape index (κ1) is 22.6. The summed E-state index contributed by atoms with van der Waals surface area (Å²) in [6, 6.07) is 21.9. The van der Waals surface area contributed by atoms with Crippen LogP contribution in [0.25, 0.3) is 11.1 Å². The molecule has 5 heteroatoms. The summed E-state index contributed by atoms with van der Waals surface area (Å²) in [6.45, 7) is 4.76. The van der Waals surface area contributed by atoms with Crippen molar-refractivity contribution in [1.29, 1.82) is 0 Å². The predicted molar refractivity (Wildman–Crippen MR) is 128 cm³/mol. The lowest BCUT2D eigenvalue weighted by atomic mass is 10.0. The van der Waals surface area contributed by atoms with Gasteiger partial charge in [0.2, 0.25) is 0 Å². The van der Waals surface area contributed by atoms with Gasteiger partial charge in [-0.15, -0.1) is 0 Å². The molecule has 0 radical (unpaired) electrons. The fourth-order valence-corrected chi connectivity index (χ4v) is 3.93. The van der Waals surface area contributed by atoms with Gasteiger partial charge >= 0.3 is 5.97 Å². The first-order chi connectivity index (χ1) is 14.4. The molecule has 0 fully saturated rings. The van der Waals surface area contributed by atoms with E-state index in [0.717, 1.165) is 25.8 Å². The van der Waals surface area contributed by atoms with Crippen molar-refractivity contribution >= 4 is 37.8 Å². The van der Waals surface area contributed by atoms with Gasteiger partial charge < -0.3 is 9.47 Å². The van der Waals surface area contributed by atoms with Gasteiger partial charge in [-0.3, -0.25) is 4.79 Å². The third kappa shape index (κ3) is 6.19. The number of halogens is 2. The Morgan fingerprint density at radius 1 is 0.867 bits per heavy atom. The van der Waals surface area contributed by atoms with Crippen LogP contribution in [-0.2, 0) is 4.79 Å². The van der Waals surface area contributed by atoms with E-state index in [4.69, 9.17) is 9.47 Å². The quantitative estimate of drug-likeness (QED) is 0.169. The van der Waals surface area contributed by atoms with E-state index < -0.39 is 0 Å². The maximum Gasteiger partial charge on any atom is 0.311 e. The summed E-state index contributed by atoms with van der Waals surface area (Å²) in [5.74, 6) is 1.49. The molecule has 156 valence electrons. The van der Waals surface area contributed by atoms with E-state index in [-0.39, 0.29) is 12.4 Å². The van der Waals surface area contributed by atoms with E-state index in [9.17, 15) is 4.79 Å². The highest BCUT2D eigenvalue weighted by Crippen LogP contribution is 2.31. The number of carbonyl (C=O) groups excluding carboxylic acids is 1. The first-order valence-electron chi connectivity index (χ1n) is 9.92. The molecule has 0 heterocycles. The molecule has 0 aliphatic carbocycles. The zero-order valence-electron chi connectivity index (χ0n) is 17.0. The van der Waals surface area contributed by atoms with Crippen molar-refractivity contribution in [3.63, 3.8) is 0 Å². The van der Waals surface area contributed by atoms with Gasteiger partial charge in [-0.05, 0) is 85.2 Å². The minimum absolute atomic E-state index is 0.277. The third-order valence-electron chi connectivity index (χ3n) is 4.67. The van der Waals surface area contributed by atoms with Crippen molar-refractivity contribution in [3.05, 3.63) is 81.2 Å². The third-order valence-corrected chi connectivity index (χ3v) is 5.91. The Morgan fingerprint density at radius 3 is 2.23 bits per heavy atom. The summed E-state index contributed by atoms with van der Waals surface area (Å²) in [6.07, 6.45) is 0.867. The second-order valence-electron chi connectivity index (χ2n) is 7.28. The van der Waals surface area contributed by atoms with Crippen molar-refractivity contribution in [2.45, 2.75) is 32.6 Å². The number of carbonyl (C=O) groups is 1. The lowest BCUT2D eigenvalue weighted by Gasteiger charge is -2.12. The summed E-state index contributed by atoms with van der Waals surface area (Å²) in [5.41, 5.74) is 3.42. The number of hydrogen-bond donors (Lipinski definition) is 0. The largest absolute Gasteiger partial charge is 0.492 e. The molecular weight excluding hydrogens is 508 g/mol. The Kier molecular flexibility index (Phi) is 8.11. The van der Waals surface area contributed by atoms with E-state index in [0.29, 0.717) is 24.7 Å². The van der Waals surface area contributed by atoms with Crippen molar-refractivity contribution < 1.29 is 14.3 Å². The average molecular weight is 532 g/mol. The lowest BCUT2D eigenvalue weighted by molar-refractivity contribution is -0.134. The molecule has 0 bridgehead atoms. The smallest absolute Gasteiger partial charge is 0.311 e. The molecule has 0 spiro atoms. The highest BCUT2D eigenvalue weighted by atomic mass is 79.9. The van der Waals surface area contributed by atoms with Gasteiger partial charge in [-0.1, -0.05) is 56.3 Å². The van der Waals surface area contributed by atoms with E-state index in [1.807, 2.05) is 54.6 Å². The number of benzene rings is 3. The first-order valence-corrected chi connectivity index (χ1v) is 11.5. The Hall–Kier alpha value is -2.11. The zero-order chi connectivity index (χ0) is 21.5. The topological polar surface area (TPSA) is 35.5 Å². The van der Waals surface area contributed by atoms with Crippen LogP contribution in [-0.4, -0.2) is 12.6 Å². The summed E-state index contributed by atoms with van der Waals surface area (Å²) in [7, 11) is 0. The van der Waals surface area contributed by atoms with Crippen molar-refractivity contribution in [3.8, 4) is 22.6 Å². The number of hydrogen-bond acceptors (Lipinski definition) is 3. The molecular formula is C25H24Br2O3. The van der Waals surface area contributed by atoms with Crippen molar-refractivity contribution in [2.75, 3.05) is 6.61 Å². The summed E-state index contributed by atoms with van der Waals surface area (Å²) < 4.78 is 13.0. The van der Waals surface area contributed by atoms with Gasteiger partial charge in [-0.2, -0.15) is 0 Å². The molecule has 30 heavy (non-hydrogen) atoms. The van der Waals surface area contributed by atoms with Gasteiger partial charge in [-0.25, -0.2) is 0 Å². The molecule has 0 amide bonds. The van der Waals surface area contributed by atoms with Crippen LogP contribution in [0.2, 0.25) is 0 Å². The van der Waals surface area contributed by atoms with Gasteiger partial charge in [0.15, 0.2) is 0 Å². The molecule has 0 atom stereocenters. The van der Waals surface area contributed by atoms with E-state index in [2.05, 4.69) is 57.8 Å². The van der Waals surface area contributed by atoms with Crippen LogP contribution < -0.4 is 9.47 Å². The monoisotopic (exact) mass is 530 g/mol. The molecule has 3 nitrogen and oxygen atoms in total. The summed E-state index contributed by atoms with van der Waals surface area (Å²) in [5, 5.41) is 0. The van der Waals surface area contributed by atoms with Crippen LogP contribution in [0, 0.1) is 0 Å². The Labute approximate surface area is 194 Å². The number of esters is 1. The Balaban J connectivity index is 1.48. The van der Waals surface area contributed by atoms with E-state index in [1.54, 1.807) is 0 Å². The average Bonchev–Trinajstić information content (AvgIpc) is 2.74. The van der Waals surface area contributed by atoms with Crippen molar-refractivity contribution in [1.82, 2.24) is 0 Å². The van der Waals surface area contributed by atoms with E-state index >= 15 is 0 Å². The van der Waals surface area contributed by atoms with Gasteiger partial charge in [0, 0.05) is 6.42 Å². The summed E-state index contributed by atoms with van der Waals surface area (Å²) in [4.78, 5) is 12.2. The second kappa shape index (κ2) is 10.8. The molecule has 0 unspecified atom stereocenters. The van der Waals surface area contributed by atoms with Gasteiger partial charge in [0.05, 0.1) is 15.6 Å².